The monoisotopic (exact) mass is 396 g/mol. The third-order valence-electron chi connectivity index (χ3n) is 7.33. The normalized spacial score (nSPS) is 27.0. The molecule has 2 unspecified atom stereocenters. The fraction of sp³-hybridized carbons (Fsp3) is 0.652. The second-order valence-electron chi connectivity index (χ2n) is 9.04. The van der Waals surface area contributed by atoms with E-state index < -0.39 is 0 Å². The largest absolute Gasteiger partial charge is 0.391 e. The summed E-state index contributed by atoms with van der Waals surface area (Å²) >= 11 is 0. The van der Waals surface area contributed by atoms with E-state index in [0.29, 0.717) is 12.1 Å². The van der Waals surface area contributed by atoms with Gasteiger partial charge in [-0.2, -0.15) is 0 Å². The third kappa shape index (κ3) is 3.68. The topological polar surface area (TPSA) is 61.6 Å². The molecule has 5 rings (SSSR count). The predicted molar refractivity (Wildman–Crippen MR) is 116 cm³/mol. The van der Waals surface area contributed by atoms with Crippen LogP contribution < -0.4 is 10.5 Å². The van der Waals surface area contributed by atoms with Crippen molar-refractivity contribution in [2.75, 3.05) is 31.1 Å². The van der Waals surface area contributed by atoms with E-state index in [1.54, 1.807) is 6.33 Å². The maximum Gasteiger partial charge on any atom is 0.261 e. The average Bonchev–Trinajstić information content (AvgIpc) is 3.29. The molecule has 2 aromatic rings. The summed E-state index contributed by atoms with van der Waals surface area (Å²) in [6, 6.07) is 6.76. The summed E-state index contributed by atoms with van der Waals surface area (Å²) in [6.07, 6.45) is 10.6. The Balaban J connectivity index is 1.31. The Bertz CT molecular complexity index is 913. The molecule has 0 radical (unpaired) electrons. The van der Waals surface area contributed by atoms with Crippen molar-refractivity contribution in [1.29, 1.82) is 0 Å². The van der Waals surface area contributed by atoms with Crippen LogP contribution in [0, 0.1) is 0 Å². The Kier molecular flexibility index (Phi) is 5.31. The zero-order valence-electron chi connectivity index (χ0n) is 17.2. The van der Waals surface area contributed by atoms with Crippen molar-refractivity contribution in [3.63, 3.8) is 0 Å². The first-order valence-corrected chi connectivity index (χ1v) is 11.4. The molecule has 1 saturated heterocycles. The molecule has 6 heteroatoms. The van der Waals surface area contributed by atoms with Crippen LogP contribution in [0.25, 0.3) is 10.9 Å². The van der Waals surface area contributed by atoms with E-state index in [4.69, 9.17) is 0 Å². The summed E-state index contributed by atoms with van der Waals surface area (Å²) < 4.78 is 1.85. The number of rotatable bonds is 3. The fourth-order valence-corrected chi connectivity index (χ4v) is 5.59. The molecule has 1 aromatic heterocycles. The Hall–Kier alpha value is -1.92. The first kappa shape index (κ1) is 19.1. The van der Waals surface area contributed by atoms with Gasteiger partial charge in [0.05, 0.1) is 23.3 Å². The molecule has 3 fully saturated rings. The number of piperazine rings is 1. The van der Waals surface area contributed by atoms with Crippen molar-refractivity contribution in [1.82, 2.24) is 14.5 Å². The Labute approximate surface area is 172 Å². The molecule has 2 heterocycles. The van der Waals surface area contributed by atoms with Crippen LogP contribution in [0.5, 0.6) is 0 Å². The lowest BCUT2D eigenvalue weighted by Gasteiger charge is -2.43. The van der Waals surface area contributed by atoms with Crippen LogP contribution in [-0.4, -0.2) is 57.9 Å². The summed E-state index contributed by atoms with van der Waals surface area (Å²) in [5, 5.41) is 11.1. The standard InChI is InChI=1S/C23H32N4O2/c28-22-8-4-3-7-21(22)26-13-11-25(12-14-26)18-9-10-19-20(15-18)24-16-27(23(19)29)17-5-1-2-6-17/h9-10,15-17,21-22,28H,1-8,11-14H2. The average molecular weight is 397 g/mol. The van der Waals surface area contributed by atoms with Crippen molar-refractivity contribution in [3.8, 4) is 0 Å². The highest BCUT2D eigenvalue weighted by molar-refractivity contribution is 5.81. The van der Waals surface area contributed by atoms with Crippen molar-refractivity contribution < 1.29 is 5.11 Å². The molecule has 29 heavy (non-hydrogen) atoms. The van der Waals surface area contributed by atoms with Gasteiger partial charge in [0.25, 0.3) is 5.56 Å². The SMILES string of the molecule is O=c1c2ccc(N3CCN(C4CCCCC4O)CC3)cc2ncn1C1CCCC1. The Morgan fingerprint density at radius 1 is 0.931 bits per heavy atom. The highest BCUT2D eigenvalue weighted by Crippen LogP contribution is 2.29. The summed E-state index contributed by atoms with van der Waals surface area (Å²) in [5.74, 6) is 0. The second-order valence-corrected chi connectivity index (χ2v) is 9.04. The number of hydrogen-bond donors (Lipinski definition) is 1. The van der Waals surface area contributed by atoms with Crippen LogP contribution in [-0.2, 0) is 0 Å². The first-order chi connectivity index (χ1) is 14.2. The molecule has 3 aliphatic rings. The first-order valence-electron chi connectivity index (χ1n) is 11.4. The van der Waals surface area contributed by atoms with Gasteiger partial charge in [-0.3, -0.25) is 14.3 Å². The smallest absolute Gasteiger partial charge is 0.261 e. The molecular weight excluding hydrogens is 364 g/mol. The van der Waals surface area contributed by atoms with Gasteiger partial charge in [-0.15, -0.1) is 0 Å². The van der Waals surface area contributed by atoms with Gasteiger partial charge < -0.3 is 10.0 Å². The minimum Gasteiger partial charge on any atom is -0.391 e. The van der Waals surface area contributed by atoms with Gasteiger partial charge >= 0.3 is 0 Å². The van der Waals surface area contributed by atoms with E-state index in [-0.39, 0.29) is 11.7 Å². The summed E-state index contributed by atoms with van der Waals surface area (Å²) in [5.41, 5.74) is 2.04. The van der Waals surface area contributed by atoms with Crippen LogP contribution in [0.15, 0.2) is 29.3 Å². The molecule has 1 aromatic carbocycles. The van der Waals surface area contributed by atoms with Gasteiger partial charge in [-0.25, -0.2) is 4.98 Å². The van der Waals surface area contributed by atoms with Gasteiger partial charge in [-0.05, 0) is 43.9 Å². The molecule has 2 atom stereocenters. The van der Waals surface area contributed by atoms with Gasteiger partial charge in [0.15, 0.2) is 0 Å². The fourth-order valence-electron chi connectivity index (χ4n) is 5.59. The lowest BCUT2D eigenvalue weighted by molar-refractivity contribution is 0.0173. The van der Waals surface area contributed by atoms with E-state index in [1.807, 2.05) is 10.6 Å². The van der Waals surface area contributed by atoms with Gasteiger partial charge in [-0.1, -0.05) is 25.7 Å². The molecule has 6 nitrogen and oxygen atoms in total. The molecule has 1 aliphatic heterocycles. The van der Waals surface area contributed by atoms with Crippen molar-refractivity contribution in [2.45, 2.75) is 69.6 Å². The third-order valence-corrected chi connectivity index (χ3v) is 7.33. The van der Waals surface area contributed by atoms with Crippen LogP contribution in [0.3, 0.4) is 0 Å². The van der Waals surface area contributed by atoms with E-state index in [0.717, 1.165) is 74.9 Å². The molecule has 0 amide bonds. The van der Waals surface area contributed by atoms with Crippen LogP contribution in [0.4, 0.5) is 5.69 Å². The lowest BCUT2D eigenvalue weighted by atomic mass is 9.91. The zero-order valence-corrected chi connectivity index (χ0v) is 17.2. The van der Waals surface area contributed by atoms with E-state index in [2.05, 4.69) is 26.9 Å². The molecule has 0 bridgehead atoms. The molecule has 156 valence electrons. The van der Waals surface area contributed by atoms with Crippen molar-refractivity contribution in [3.05, 3.63) is 34.9 Å². The molecule has 2 saturated carbocycles. The van der Waals surface area contributed by atoms with E-state index >= 15 is 0 Å². The second kappa shape index (κ2) is 8.07. The van der Waals surface area contributed by atoms with Crippen LogP contribution in [0.1, 0.15) is 57.4 Å². The number of aromatic nitrogens is 2. The maximum absolute atomic E-state index is 12.9. The van der Waals surface area contributed by atoms with Crippen molar-refractivity contribution in [2.24, 2.45) is 0 Å². The molecule has 0 spiro atoms. The number of benzene rings is 1. The minimum atomic E-state index is -0.165. The van der Waals surface area contributed by atoms with Gasteiger partial charge in [0.2, 0.25) is 0 Å². The quantitative estimate of drug-likeness (QED) is 0.864. The Morgan fingerprint density at radius 3 is 2.41 bits per heavy atom. The molecule has 1 N–H and O–H groups in total. The lowest BCUT2D eigenvalue weighted by Crippen LogP contribution is -2.54. The predicted octanol–water partition coefficient (Wildman–Crippen LogP) is 2.94. The number of hydrogen-bond acceptors (Lipinski definition) is 5. The number of aliphatic hydroxyl groups is 1. The number of aliphatic hydroxyl groups excluding tert-OH is 1. The molecular formula is C23H32N4O2. The minimum absolute atomic E-state index is 0.101. The zero-order chi connectivity index (χ0) is 19.8. The number of anilines is 1. The van der Waals surface area contributed by atoms with E-state index in [9.17, 15) is 9.90 Å². The molecule has 2 aliphatic carbocycles. The highest BCUT2D eigenvalue weighted by atomic mass is 16.3. The summed E-state index contributed by atoms with van der Waals surface area (Å²) in [7, 11) is 0. The summed E-state index contributed by atoms with van der Waals surface area (Å²) in [4.78, 5) is 22.4. The van der Waals surface area contributed by atoms with Crippen LogP contribution in [0.2, 0.25) is 0 Å². The van der Waals surface area contributed by atoms with Gasteiger partial charge in [0.1, 0.15) is 0 Å². The Morgan fingerprint density at radius 2 is 1.66 bits per heavy atom. The van der Waals surface area contributed by atoms with Crippen molar-refractivity contribution >= 4 is 16.6 Å². The maximum atomic E-state index is 12.9. The highest BCUT2D eigenvalue weighted by Gasteiger charge is 2.31. The van der Waals surface area contributed by atoms with E-state index in [1.165, 1.54) is 19.3 Å². The summed E-state index contributed by atoms with van der Waals surface area (Å²) in [6.45, 7) is 3.87. The van der Waals surface area contributed by atoms with Crippen LogP contribution >= 0.6 is 0 Å². The number of fused-ring (bicyclic) bond motifs is 1. The number of nitrogens with zero attached hydrogens (tertiary/aromatic N) is 4. The van der Waals surface area contributed by atoms with Gasteiger partial charge in [0, 0.05) is 44.0 Å².